The van der Waals surface area contributed by atoms with Crippen molar-refractivity contribution in [1.29, 1.82) is 0 Å². The molecule has 1 saturated carbocycles. The number of urea groups is 1. The van der Waals surface area contributed by atoms with Crippen LogP contribution in [-0.4, -0.2) is 38.8 Å². The first-order valence-corrected chi connectivity index (χ1v) is 10.8. The van der Waals surface area contributed by atoms with Crippen molar-refractivity contribution in [2.45, 2.75) is 70.1 Å². The molecular weight excluding hydrogens is 368 g/mol. The van der Waals surface area contributed by atoms with Crippen molar-refractivity contribution in [3.63, 3.8) is 0 Å². The van der Waals surface area contributed by atoms with Gasteiger partial charge in [-0.1, -0.05) is 37.3 Å². The Balaban J connectivity index is 1.25. The van der Waals surface area contributed by atoms with E-state index < -0.39 is 0 Å². The Bertz CT molecular complexity index is 847. The molecule has 2 saturated heterocycles. The lowest BCUT2D eigenvalue weighted by Gasteiger charge is -2.27. The van der Waals surface area contributed by atoms with Gasteiger partial charge in [-0.15, -0.1) is 10.2 Å². The number of piperidine rings is 1. The first-order chi connectivity index (χ1) is 14.2. The molecule has 2 aromatic rings. The van der Waals surface area contributed by atoms with E-state index in [1.54, 1.807) is 5.06 Å². The van der Waals surface area contributed by atoms with Gasteiger partial charge in [0.1, 0.15) is 12.6 Å². The summed E-state index contributed by atoms with van der Waals surface area (Å²) < 4.78 is 6.09. The number of aromatic nitrogens is 2. The maximum Gasteiger partial charge on any atom is 0.345 e. The molecule has 5 rings (SSSR count). The largest absolute Gasteiger partial charge is 0.423 e. The number of hydroxylamine groups is 2. The average Bonchev–Trinajstić information content (AvgIpc) is 3.33. The van der Waals surface area contributed by atoms with E-state index in [1.807, 2.05) is 35.2 Å². The van der Waals surface area contributed by atoms with Crippen LogP contribution in [0.1, 0.15) is 74.8 Å². The summed E-state index contributed by atoms with van der Waals surface area (Å²) in [6, 6.07) is 9.77. The van der Waals surface area contributed by atoms with Gasteiger partial charge in [-0.3, -0.25) is 4.84 Å². The van der Waals surface area contributed by atoms with Crippen molar-refractivity contribution in [3.8, 4) is 0 Å². The Morgan fingerprint density at radius 2 is 1.79 bits per heavy atom. The molecule has 154 valence electrons. The van der Waals surface area contributed by atoms with Crippen LogP contribution < -0.4 is 0 Å². The van der Waals surface area contributed by atoms with Gasteiger partial charge in [-0.05, 0) is 50.0 Å². The number of carbonyl (C=O) groups is 1. The van der Waals surface area contributed by atoms with Crippen molar-refractivity contribution in [1.82, 2.24) is 20.2 Å². The highest BCUT2D eigenvalue weighted by atomic mass is 16.7. The molecule has 29 heavy (non-hydrogen) atoms. The average molecular weight is 396 g/mol. The molecule has 0 spiro atoms. The molecule has 3 fully saturated rings. The van der Waals surface area contributed by atoms with E-state index in [-0.39, 0.29) is 18.1 Å². The highest BCUT2D eigenvalue weighted by Gasteiger charge is 2.47. The lowest BCUT2D eigenvalue weighted by molar-refractivity contribution is -0.140. The second-order valence-corrected chi connectivity index (χ2v) is 8.70. The minimum Gasteiger partial charge on any atom is -0.423 e. The topological polar surface area (TPSA) is 71.7 Å². The van der Waals surface area contributed by atoms with E-state index in [4.69, 9.17) is 9.25 Å². The Morgan fingerprint density at radius 3 is 2.59 bits per heavy atom. The van der Waals surface area contributed by atoms with Gasteiger partial charge < -0.3 is 9.32 Å². The van der Waals surface area contributed by atoms with Crippen LogP contribution in [0.2, 0.25) is 0 Å². The van der Waals surface area contributed by atoms with E-state index in [0.29, 0.717) is 25.0 Å². The summed E-state index contributed by atoms with van der Waals surface area (Å²) in [5, 5.41) is 10.2. The predicted octanol–water partition coefficient (Wildman–Crippen LogP) is 4.44. The quantitative estimate of drug-likeness (QED) is 0.747. The number of carbonyl (C=O) groups excluding carboxylic acids is 1. The Morgan fingerprint density at radius 1 is 1.03 bits per heavy atom. The third-order valence-electron chi connectivity index (χ3n) is 6.64. The molecule has 0 radical (unpaired) electrons. The molecule has 0 unspecified atom stereocenters. The zero-order chi connectivity index (χ0) is 19.8. The van der Waals surface area contributed by atoms with Crippen LogP contribution in [-0.2, 0) is 11.4 Å². The third kappa shape index (κ3) is 3.64. The molecule has 2 bridgehead atoms. The minimum atomic E-state index is -0.146. The summed E-state index contributed by atoms with van der Waals surface area (Å²) in [6.45, 7) is 3.35. The molecule has 0 N–H and O–H groups in total. The van der Waals surface area contributed by atoms with Crippen LogP contribution >= 0.6 is 0 Å². The standard InChI is InChI=1S/C22H28N4O3/c1-15-7-9-17(10-8-15)20-23-24-21(29-20)19-12-11-18-13-25(19)22(27)26(18)28-14-16-5-3-2-4-6-16/h2-6,15,17-19H,7-14H2,1H3/t15-,17-,18-,19+/m1/s1. The zero-order valence-corrected chi connectivity index (χ0v) is 16.9. The molecule has 1 aromatic carbocycles. The minimum absolute atomic E-state index is 0.0877. The van der Waals surface area contributed by atoms with Crippen LogP contribution in [0.5, 0.6) is 0 Å². The van der Waals surface area contributed by atoms with E-state index in [2.05, 4.69) is 17.1 Å². The summed E-state index contributed by atoms with van der Waals surface area (Å²) in [5.74, 6) is 2.48. The number of benzene rings is 1. The summed E-state index contributed by atoms with van der Waals surface area (Å²) in [5.41, 5.74) is 1.05. The molecule has 1 aromatic heterocycles. The summed E-state index contributed by atoms with van der Waals surface area (Å²) >= 11 is 0. The number of rotatable bonds is 5. The molecule has 3 heterocycles. The van der Waals surface area contributed by atoms with Gasteiger partial charge in [0.05, 0.1) is 6.04 Å². The normalized spacial score (nSPS) is 29.5. The molecule has 2 amide bonds. The molecular formula is C22H28N4O3. The maximum atomic E-state index is 13.0. The lowest BCUT2D eigenvalue weighted by Crippen LogP contribution is -2.34. The Hall–Kier alpha value is -2.41. The summed E-state index contributed by atoms with van der Waals surface area (Å²) in [4.78, 5) is 20.7. The van der Waals surface area contributed by atoms with Crippen LogP contribution in [0.4, 0.5) is 4.79 Å². The van der Waals surface area contributed by atoms with Gasteiger partial charge in [0.15, 0.2) is 0 Å². The van der Waals surface area contributed by atoms with E-state index in [1.165, 1.54) is 12.8 Å². The maximum absolute atomic E-state index is 13.0. The first-order valence-electron chi connectivity index (χ1n) is 10.8. The summed E-state index contributed by atoms with van der Waals surface area (Å²) in [7, 11) is 0. The molecule has 7 heteroatoms. The Labute approximate surface area is 171 Å². The van der Waals surface area contributed by atoms with Crippen molar-refractivity contribution in [2.75, 3.05) is 6.54 Å². The molecule has 2 aliphatic heterocycles. The second kappa shape index (κ2) is 7.78. The Kier molecular flexibility index (Phi) is 4.99. The molecule has 3 aliphatic rings. The van der Waals surface area contributed by atoms with Crippen LogP contribution in [0.15, 0.2) is 34.7 Å². The van der Waals surface area contributed by atoms with Gasteiger partial charge >= 0.3 is 6.03 Å². The highest BCUT2D eigenvalue weighted by molar-refractivity contribution is 5.77. The van der Waals surface area contributed by atoms with Crippen molar-refractivity contribution in [2.24, 2.45) is 5.92 Å². The molecule has 7 nitrogen and oxygen atoms in total. The van der Waals surface area contributed by atoms with Crippen LogP contribution in [0.25, 0.3) is 0 Å². The van der Waals surface area contributed by atoms with E-state index in [0.717, 1.165) is 43.1 Å². The van der Waals surface area contributed by atoms with Gasteiger partial charge in [-0.25, -0.2) is 4.79 Å². The zero-order valence-electron chi connectivity index (χ0n) is 16.9. The van der Waals surface area contributed by atoms with E-state index >= 15 is 0 Å². The fourth-order valence-electron chi connectivity index (χ4n) is 4.83. The fraction of sp³-hybridized carbons (Fsp3) is 0.591. The number of fused-ring (bicyclic) bond motifs is 2. The monoisotopic (exact) mass is 396 g/mol. The smallest absolute Gasteiger partial charge is 0.345 e. The van der Waals surface area contributed by atoms with Gasteiger partial charge in [0.2, 0.25) is 11.8 Å². The van der Waals surface area contributed by atoms with Gasteiger partial charge in [-0.2, -0.15) is 5.06 Å². The van der Waals surface area contributed by atoms with Gasteiger partial charge in [0, 0.05) is 12.5 Å². The predicted molar refractivity (Wildman–Crippen MR) is 106 cm³/mol. The second-order valence-electron chi connectivity index (χ2n) is 8.70. The SMILES string of the molecule is C[C@H]1CC[C@H](c2nnc([C@@H]3CC[C@@H]4CN3C(=O)N4OCc3ccccc3)o2)CC1. The van der Waals surface area contributed by atoms with Crippen molar-refractivity contribution < 1.29 is 14.0 Å². The number of nitrogens with zero attached hydrogens (tertiary/aromatic N) is 4. The summed E-state index contributed by atoms with van der Waals surface area (Å²) in [6.07, 6.45) is 6.35. The van der Waals surface area contributed by atoms with Crippen LogP contribution in [0, 0.1) is 5.92 Å². The fourth-order valence-corrected chi connectivity index (χ4v) is 4.83. The molecule has 1 aliphatic carbocycles. The van der Waals surface area contributed by atoms with Crippen molar-refractivity contribution in [3.05, 3.63) is 47.7 Å². The lowest BCUT2D eigenvalue weighted by atomic mass is 9.83. The highest BCUT2D eigenvalue weighted by Crippen LogP contribution is 2.40. The third-order valence-corrected chi connectivity index (χ3v) is 6.64. The van der Waals surface area contributed by atoms with Crippen molar-refractivity contribution >= 4 is 6.03 Å². The van der Waals surface area contributed by atoms with Gasteiger partial charge in [0.25, 0.3) is 0 Å². The van der Waals surface area contributed by atoms with E-state index in [9.17, 15) is 4.79 Å². The number of hydrogen-bond acceptors (Lipinski definition) is 5. The van der Waals surface area contributed by atoms with Crippen LogP contribution in [0.3, 0.4) is 0 Å². The number of amides is 2. The first kappa shape index (κ1) is 18.6. The molecule has 2 atom stereocenters. The number of hydrogen-bond donors (Lipinski definition) is 0.